The molecule has 1 aliphatic carbocycles. The second kappa shape index (κ2) is 9.01. The summed E-state index contributed by atoms with van der Waals surface area (Å²) in [6.07, 6.45) is 2.82. The Labute approximate surface area is 182 Å². The van der Waals surface area contributed by atoms with Gasteiger partial charge in [-0.3, -0.25) is 9.89 Å². The Morgan fingerprint density at radius 3 is 2.83 bits per heavy atom. The minimum absolute atomic E-state index is 0.149. The number of rotatable bonds is 7. The molecule has 2 N–H and O–H groups in total. The highest BCUT2D eigenvalue weighted by molar-refractivity contribution is 7.99. The van der Waals surface area contributed by atoms with E-state index in [1.165, 1.54) is 28.7 Å². The first kappa shape index (κ1) is 20.6. The Morgan fingerprint density at radius 2 is 2.07 bits per heavy atom. The predicted octanol–water partition coefficient (Wildman–Crippen LogP) is 4.24. The monoisotopic (exact) mass is 442 g/mol. The minimum atomic E-state index is -0.364. The molecule has 156 valence electrons. The third kappa shape index (κ3) is 4.41. The Balaban J connectivity index is 1.40. The molecule has 0 bridgehead atoms. The number of anilines is 1. The van der Waals surface area contributed by atoms with Gasteiger partial charge in [0.25, 0.3) is 0 Å². The van der Waals surface area contributed by atoms with Gasteiger partial charge in [0.1, 0.15) is 5.00 Å². The molecular formula is C21H22N4O3S2. The highest BCUT2D eigenvalue weighted by Crippen LogP contribution is 2.39. The summed E-state index contributed by atoms with van der Waals surface area (Å²) >= 11 is 2.72. The summed E-state index contributed by atoms with van der Waals surface area (Å²) in [4.78, 5) is 30.5. The Morgan fingerprint density at radius 1 is 1.27 bits per heavy atom. The molecule has 0 aliphatic heterocycles. The molecule has 30 heavy (non-hydrogen) atoms. The second-order valence-corrected chi connectivity index (χ2v) is 9.00. The number of nitrogens with zero attached hydrogens (tertiary/aromatic N) is 2. The molecule has 9 heteroatoms. The standard InChI is InChI=1S/C21H22N4O3S2/c1-3-28-20(27)17-14-5-4-6-15(14)30-19(17)22-16(26)11-29-21-23-18(24-25-21)13-9-7-12(2)8-10-13/h7-10H,3-6,11H2,1-2H3,(H,22,26)(H,23,24,25). The van der Waals surface area contributed by atoms with E-state index in [1.807, 2.05) is 31.2 Å². The average molecular weight is 443 g/mol. The molecule has 0 atom stereocenters. The van der Waals surface area contributed by atoms with Crippen LogP contribution in [-0.4, -0.2) is 39.4 Å². The zero-order valence-electron chi connectivity index (χ0n) is 16.8. The van der Waals surface area contributed by atoms with E-state index in [1.54, 1.807) is 6.92 Å². The number of fused-ring (bicyclic) bond motifs is 1. The van der Waals surface area contributed by atoms with Gasteiger partial charge in [-0.05, 0) is 38.7 Å². The molecule has 0 saturated carbocycles. The number of aryl methyl sites for hydroxylation is 2. The summed E-state index contributed by atoms with van der Waals surface area (Å²) in [5.74, 6) is 0.247. The first-order valence-corrected chi connectivity index (χ1v) is 11.6. The highest BCUT2D eigenvalue weighted by atomic mass is 32.2. The van der Waals surface area contributed by atoms with Gasteiger partial charge in [-0.2, -0.15) is 0 Å². The van der Waals surface area contributed by atoms with Crippen LogP contribution in [0, 0.1) is 6.92 Å². The first-order chi connectivity index (χ1) is 14.5. The van der Waals surface area contributed by atoms with Crippen LogP contribution in [-0.2, 0) is 22.4 Å². The van der Waals surface area contributed by atoms with E-state index >= 15 is 0 Å². The molecule has 1 amide bonds. The molecule has 4 rings (SSSR count). The Hall–Kier alpha value is -2.65. The van der Waals surface area contributed by atoms with Crippen molar-refractivity contribution in [2.24, 2.45) is 0 Å². The van der Waals surface area contributed by atoms with E-state index in [0.29, 0.717) is 28.2 Å². The second-order valence-electron chi connectivity index (χ2n) is 6.95. The van der Waals surface area contributed by atoms with E-state index in [0.717, 1.165) is 35.3 Å². The van der Waals surface area contributed by atoms with Gasteiger partial charge in [0.15, 0.2) is 5.82 Å². The fourth-order valence-electron chi connectivity index (χ4n) is 3.36. The molecule has 1 aromatic carbocycles. The summed E-state index contributed by atoms with van der Waals surface area (Å²) < 4.78 is 5.20. The van der Waals surface area contributed by atoms with Crippen molar-refractivity contribution in [1.82, 2.24) is 15.2 Å². The molecule has 2 aromatic heterocycles. The van der Waals surface area contributed by atoms with E-state index < -0.39 is 0 Å². The maximum absolute atomic E-state index is 12.5. The predicted molar refractivity (Wildman–Crippen MR) is 118 cm³/mol. The van der Waals surface area contributed by atoms with Crippen LogP contribution < -0.4 is 5.32 Å². The summed E-state index contributed by atoms with van der Waals surface area (Å²) in [6.45, 7) is 4.11. The maximum atomic E-state index is 12.5. The van der Waals surface area contributed by atoms with Crippen LogP contribution in [0.25, 0.3) is 11.4 Å². The minimum Gasteiger partial charge on any atom is -0.462 e. The van der Waals surface area contributed by atoms with E-state index in [9.17, 15) is 9.59 Å². The maximum Gasteiger partial charge on any atom is 0.341 e. The molecule has 0 fully saturated rings. The highest BCUT2D eigenvalue weighted by Gasteiger charge is 2.28. The number of carbonyl (C=O) groups is 2. The number of aromatic amines is 1. The number of hydrogen-bond acceptors (Lipinski definition) is 7. The van der Waals surface area contributed by atoms with Crippen LogP contribution in [0.5, 0.6) is 0 Å². The van der Waals surface area contributed by atoms with Gasteiger partial charge < -0.3 is 10.1 Å². The van der Waals surface area contributed by atoms with Crippen molar-refractivity contribution >= 4 is 40.0 Å². The van der Waals surface area contributed by atoms with Crippen molar-refractivity contribution in [2.45, 2.75) is 38.3 Å². The number of thioether (sulfide) groups is 1. The van der Waals surface area contributed by atoms with Crippen molar-refractivity contribution in [3.05, 3.63) is 45.8 Å². The Kier molecular flexibility index (Phi) is 6.19. The zero-order chi connectivity index (χ0) is 21.1. The molecule has 3 aromatic rings. The zero-order valence-corrected chi connectivity index (χ0v) is 18.4. The van der Waals surface area contributed by atoms with Crippen LogP contribution in [0.3, 0.4) is 0 Å². The van der Waals surface area contributed by atoms with Gasteiger partial charge >= 0.3 is 5.97 Å². The molecular weight excluding hydrogens is 420 g/mol. The lowest BCUT2D eigenvalue weighted by molar-refractivity contribution is -0.113. The number of esters is 1. The van der Waals surface area contributed by atoms with Gasteiger partial charge in [-0.15, -0.1) is 16.4 Å². The molecule has 1 aliphatic rings. The van der Waals surface area contributed by atoms with Gasteiger partial charge in [-0.25, -0.2) is 9.78 Å². The Bertz CT molecular complexity index is 1070. The average Bonchev–Trinajstić information content (AvgIpc) is 3.43. The van der Waals surface area contributed by atoms with E-state index in [4.69, 9.17) is 4.74 Å². The molecule has 0 saturated heterocycles. The third-order valence-electron chi connectivity index (χ3n) is 4.78. The number of ether oxygens (including phenoxy) is 1. The van der Waals surface area contributed by atoms with Crippen molar-refractivity contribution < 1.29 is 14.3 Å². The normalized spacial score (nSPS) is 12.6. The van der Waals surface area contributed by atoms with Crippen molar-refractivity contribution in [2.75, 3.05) is 17.7 Å². The number of H-pyrrole nitrogens is 1. The SMILES string of the molecule is CCOC(=O)c1c(NC(=O)CSc2n[nH]c(-c3ccc(C)cc3)n2)sc2c1CCC2. The van der Waals surface area contributed by atoms with Crippen molar-refractivity contribution in [3.63, 3.8) is 0 Å². The molecule has 0 spiro atoms. The largest absolute Gasteiger partial charge is 0.462 e. The first-order valence-electron chi connectivity index (χ1n) is 9.79. The van der Waals surface area contributed by atoms with Crippen molar-refractivity contribution in [1.29, 1.82) is 0 Å². The van der Waals surface area contributed by atoms with E-state index in [2.05, 4.69) is 20.5 Å². The number of amides is 1. The number of benzene rings is 1. The fourth-order valence-corrected chi connectivity index (χ4v) is 5.25. The molecule has 7 nitrogen and oxygen atoms in total. The fraction of sp³-hybridized carbons (Fsp3) is 0.333. The summed E-state index contributed by atoms with van der Waals surface area (Å²) in [5, 5.41) is 11.1. The smallest absolute Gasteiger partial charge is 0.341 e. The lowest BCUT2D eigenvalue weighted by Crippen LogP contribution is -2.16. The van der Waals surface area contributed by atoms with Gasteiger partial charge in [-0.1, -0.05) is 41.6 Å². The molecule has 0 radical (unpaired) electrons. The van der Waals surface area contributed by atoms with Crippen molar-refractivity contribution in [3.8, 4) is 11.4 Å². The van der Waals surface area contributed by atoms with Crippen LogP contribution >= 0.6 is 23.1 Å². The number of thiophene rings is 1. The number of carbonyl (C=O) groups excluding carboxylic acids is 2. The third-order valence-corrected chi connectivity index (χ3v) is 6.83. The van der Waals surface area contributed by atoms with Gasteiger partial charge in [0, 0.05) is 10.4 Å². The van der Waals surface area contributed by atoms with Crippen LogP contribution in [0.15, 0.2) is 29.4 Å². The van der Waals surface area contributed by atoms with Crippen LogP contribution in [0.2, 0.25) is 0 Å². The van der Waals surface area contributed by atoms with Gasteiger partial charge in [0.05, 0.1) is 17.9 Å². The number of nitrogens with one attached hydrogen (secondary N) is 2. The lowest BCUT2D eigenvalue weighted by Gasteiger charge is -2.07. The number of aromatic nitrogens is 3. The van der Waals surface area contributed by atoms with Crippen LogP contribution in [0.4, 0.5) is 5.00 Å². The number of hydrogen-bond donors (Lipinski definition) is 2. The molecule has 2 heterocycles. The molecule has 0 unspecified atom stereocenters. The van der Waals surface area contributed by atoms with Gasteiger partial charge in [0.2, 0.25) is 11.1 Å². The lowest BCUT2D eigenvalue weighted by atomic mass is 10.1. The quantitative estimate of drug-likeness (QED) is 0.420. The van der Waals surface area contributed by atoms with Crippen LogP contribution in [0.1, 0.15) is 39.7 Å². The topological polar surface area (TPSA) is 97.0 Å². The van der Waals surface area contributed by atoms with E-state index in [-0.39, 0.29) is 17.6 Å². The summed E-state index contributed by atoms with van der Waals surface area (Å²) in [5.41, 5.74) is 3.66. The summed E-state index contributed by atoms with van der Waals surface area (Å²) in [6, 6.07) is 7.98. The summed E-state index contributed by atoms with van der Waals surface area (Å²) in [7, 11) is 0.